The molecule has 0 aromatic heterocycles. The summed E-state index contributed by atoms with van der Waals surface area (Å²) >= 11 is 0. The highest BCUT2D eigenvalue weighted by molar-refractivity contribution is 5.94. The molecule has 1 aromatic rings. The number of carbonyl (C=O) groups excluding carboxylic acids is 2. The second kappa shape index (κ2) is 13.3. The highest BCUT2D eigenvalue weighted by atomic mass is 16.5. The molecule has 0 aliphatic rings. The Kier molecular flexibility index (Phi) is 11.2. The van der Waals surface area contributed by atoms with Gasteiger partial charge in [-0.1, -0.05) is 45.4 Å². The van der Waals surface area contributed by atoms with Crippen LogP contribution in [0.2, 0.25) is 0 Å². The molecule has 5 nitrogen and oxygen atoms in total. The zero-order chi connectivity index (χ0) is 18.3. The lowest BCUT2D eigenvalue weighted by Gasteiger charge is -2.08. The lowest BCUT2D eigenvalue weighted by Crippen LogP contribution is -2.25. The number of amides is 2. The Hall–Kier alpha value is -2.04. The summed E-state index contributed by atoms with van der Waals surface area (Å²) in [7, 11) is 0. The predicted molar refractivity (Wildman–Crippen MR) is 101 cm³/mol. The van der Waals surface area contributed by atoms with Gasteiger partial charge in [-0.2, -0.15) is 0 Å². The molecule has 3 N–H and O–H groups in total. The lowest BCUT2D eigenvalue weighted by atomic mass is 10.1. The van der Waals surface area contributed by atoms with E-state index in [2.05, 4.69) is 12.2 Å². The van der Waals surface area contributed by atoms with Crippen molar-refractivity contribution in [3.05, 3.63) is 29.8 Å². The number of carbonyl (C=O) groups is 2. The van der Waals surface area contributed by atoms with Crippen LogP contribution in [0.3, 0.4) is 0 Å². The molecule has 0 heterocycles. The van der Waals surface area contributed by atoms with Gasteiger partial charge in [0.05, 0.1) is 6.61 Å². The quantitative estimate of drug-likeness (QED) is 0.502. The van der Waals surface area contributed by atoms with Crippen molar-refractivity contribution in [1.82, 2.24) is 5.32 Å². The van der Waals surface area contributed by atoms with Crippen molar-refractivity contribution in [3.8, 4) is 5.75 Å². The van der Waals surface area contributed by atoms with E-state index in [1.54, 1.807) is 12.1 Å². The smallest absolute Gasteiger partial charge is 0.251 e. The van der Waals surface area contributed by atoms with Crippen LogP contribution in [-0.4, -0.2) is 25.0 Å². The summed E-state index contributed by atoms with van der Waals surface area (Å²) in [5.41, 5.74) is 5.64. The monoisotopic (exact) mass is 348 g/mol. The van der Waals surface area contributed by atoms with Crippen LogP contribution in [0.15, 0.2) is 24.3 Å². The fourth-order valence-electron chi connectivity index (χ4n) is 2.52. The third kappa shape index (κ3) is 10.4. The van der Waals surface area contributed by atoms with E-state index in [1.165, 1.54) is 38.5 Å². The van der Waals surface area contributed by atoms with E-state index in [1.807, 2.05) is 12.1 Å². The van der Waals surface area contributed by atoms with Crippen LogP contribution in [0.4, 0.5) is 0 Å². The van der Waals surface area contributed by atoms with Crippen molar-refractivity contribution >= 4 is 11.8 Å². The average molecular weight is 348 g/mol. The molecule has 0 aliphatic heterocycles. The van der Waals surface area contributed by atoms with Gasteiger partial charge in [-0.05, 0) is 37.1 Å². The standard InChI is InChI=1S/C20H32N2O3/c1-2-3-4-5-6-7-8-16-25-18-13-11-17(12-14-18)20(24)22-15-9-10-19(21)23/h11-14H,2-10,15-16H2,1H3,(H2,21,23)(H,22,24). The van der Waals surface area contributed by atoms with Gasteiger partial charge in [-0.3, -0.25) is 9.59 Å². The third-order valence-electron chi connectivity index (χ3n) is 4.02. The topological polar surface area (TPSA) is 81.4 Å². The predicted octanol–water partition coefficient (Wildman–Crippen LogP) is 3.81. The summed E-state index contributed by atoms with van der Waals surface area (Å²) in [4.78, 5) is 22.6. The zero-order valence-electron chi connectivity index (χ0n) is 15.4. The normalized spacial score (nSPS) is 10.4. The Morgan fingerprint density at radius 1 is 0.960 bits per heavy atom. The first-order chi connectivity index (χ1) is 12.1. The van der Waals surface area contributed by atoms with E-state index in [4.69, 9.17) is 10.5 Å². The molecule has 0 saturated carbocycles. The van der Waals surface area contributed by atoms with Crippen molar-refractivity contribution < 1.29 is 14.3 Å². The largest absolute Gasteiger partial charge is 0.494 e. The molecule has 0 saturated heterocycles. The van der Waals surface area contributed by atoms with Crippen molar-refractivity contribution in [1.29, 1.82) is 0 Å². The SMILES string of the molecule is CCCCCCCCCOc1ccc(C(=O)NCCCC(N)=O)cc1. The fraction of sp³-hybridized carbons (Fsp3) is 0.600. The first-order valence-electron chi connectivity index (χ1n) is 9.43. The molecule has 0 fully saturated rings. The van der Waals surface area contributed by atoms with Crippen molar-refractivity contribution in [3.63, 3.8) is 0 Å². The summed E-state index contributed by atoms with van der Waals surface area (Å²) in [6.07, 6.45) is 9.65. The molecule has 140 valence electrons. The van der Waals surface area contributed by atoms with E-state index < -0.39 is 0 Å². The zero-order valence-corrected chi connectivity index (χ0v) is 15.4. The number of nitrogens with one attached hydrogen (secondary N) is 1. The molecular formula is C20H32N2O3. The number of hydrogen-bond acceptors (Lipinski definition) is 3. The first-order valence-corrected chi connectivity index (χ1v) is 9.43. The highest BCUT2D eigenvalue weighted by Crippen LogP contribution is 2.13. The van der Waals surface area contributed by atoms with Gasteiger partial charge in [0.1, 0.15) is 5.75 Å². The fourth-order valence-corrected chi connectivity index (χ4v) is 2.52. The number of rotatable bonds is 14. The molecule has 0 aliphatic carbocycles. The maximum Gasteiger partial charge on any atom is 0.251 e. The molecule has 0 radical (unpaired) electrons. The average Bonchev–Trinajstić information content (AvgIpc) is 2.61. The van der Waals surface area contributed by atoms with Gasteiger partial charge < -0.3 is 15.8 Å². The Balaban J connectivity index is 2.16. The van der Waals surface area contributed by atoms with Gasteiger partial charge in [0.15, 0.2) is 0 Å². The Morgan fingerprint density at radius 2 is 1.60 bits per heavy atom. The molecule has 0 spiro atoms. The van der Waals surface area contributed by atoms with Gasteiger partial charge in [-0.25, -0.2) is 0 Å². The Morgan fingerprint density at radius 3 is 2.24 bits per heavy atom. The van der Waals surface area contributed by atoms with Crippen LogP contribution < -0.4 is 15.8 Å². The summed E-state index contributed by atoms with van der Waals surface area (Å²) in [6.45, 7) is 3.39. The van der Waals surface area contributed by atoms with Crippen LogP contribution in [-0.2, 0) is 4.79 Å². The summed E-state index contributed by atoms with van der Waals surface area (Å²) in [5, 5.41) is 2.77. The summed E-state index contributed by atoms with van der Waals surface area (Å²) in [5.74, 6) is 0.288. The van der Waals surface area contributed by atoms with Crippen LogP contribution in [0.25, 0.3) is 0 Å². The van der Waals surface area contributed by atoms with Gasteiger partial charge in [0.2, 0.25) is 5.91 Å². The lowest BCUT2D eigenvalue weighted by molar-refractivity contribution is -0.118. The van der Waals surface area contributed by atoms with E-state index in [9.17, 15) is 9.59 Å². The van der Waals surface area contributed by atoms with Crippen molar-refractivity contribution in [2.24, 2.45) is 5.73 Å². The minimum Gasteiger partial charge on any atom is -0.494 e. The number of benzene rings is 1. The van der Waals surface area contributed by atoms with Gasteiger partial charge >= 0.3 is 0 Å². The molecule has 0 atom stereocenters. The van der Waals surface area contributed by atoms with E-state index in [-0.39, 0.29) is 18.2 Å². The Labute approximate surface area is 151 Å². The van der Waals surface area contributed by atoms with Crippen LogP contribution in [0, 0.1) is 0 Å². The summed E-state index contributed by atoms with van der Waals surface area (Å²) in [6, 6.07) is 7.14. The second-order valence-electron chi connectivity index (χ2n) is 6.32. The van der Waals surface area contributed by atoms with Gasteiger partial charge in [-0.15, -0.1) is 0 Å². The minimum absolute atomic E-state index is 0.150. The van der Waals surface area contributed by atoms with Crippen LogP contribution in [0.5, 0.6) is 5.75 Å². The molecule has 2 amide bonds. The molecule has 0 unspecified atom stereocenters. The van der Waals surface area contributed by atoms with E-state index >= 15 is 0 Å². The number of unbranched alkanes of at least 4 members (excludes halogenated alkanes) is 6. The maximum atomic E-state index is 11.9. The number of ether oxygens (including phenoxy) is 1. The summed E-state index contributed by atoms with van der Waals surface area (Å²) < 4.78 is 5.71. The van der Waals surface area contributed by atoms with Crippen molar-refractivity contribution in [2.45, 2.75) is 64.7 Å². The van der Waals surface area contributed by atoms with Gasteiger partial charge in [0, 0.05) is 18.5 Å². The molecule has 5 heteroatoms. The maximum absolute atomic E-state index is 11.9. The molecule has 1 aromatic carbocycles. The Bertz CT molecular complexity index is 500. The number of nitrogens with two attached hydrogens (primary N) is 1. The number of hydrogen-bond donors (Lipinski definition) is 2. The van der Waals surface area contributed by atoms with Crippen LogP contribution in [0.1, 0.15) is 75.1 Å². The van der Waals surface area contributed by atoms with E-state index in [0.29, 0.717) is 25.1 Å². The second-order valence-corrected chi connectivity index (χ2v) is 6.32. The highest BCUT2D eigenvalue weighted by Gasteiger charge is 2.05. The minimum atomic E-state index is -0.350. The molecule has 1 rings (SSSR count). The third-order valence-corrected chi connectivity index (χ3v) is 4.02. The van der Waals surface area contributed by atoms with Crippen molar-refractivity contribution in [2.75, 3.05) is 13.2 Å². The van der Waals surface area contributed by atoms with Gasteiger partial charge in [0.25, 0.3) is 5.91 Å². The molecular weight excluding hydrogens is 316 g/mol. The van der Waals surface area contributed by atoms with Crippen LogP contribution >= 0.6 is 0 Å². The molecule has 25 heavy (non-hydrogen) atoms. The molecule has 0 bridgehead atoms. The van der Waals surface area contributed by atoms with E-state index in [0.717, 1.165) is 12.2 Å². The first kappa shape index (κ1) is 21.0. The number of primary amides is 1.